The molecule has 3 aromatic carbocycles. The molecule has 32 heavy (non-hydrogen) atoms. The van der Waals surface area contributed by atoms with Crippen LogP contribution in [0.15, 0.2) is 71.5 Å². The second-order valence-corrected chi connectivity index (χ2v) is 7.86. The Kier molecular flexibility index (Phi) is 4.60. The molecule has 1 aromatic heterocycles. The predicted octanol–water partition coefficient (Wildman–Crippen LogP) is 5.38. The van der Waals surface area contributed by atoms with Gasteiger partial charge in [-0.2, -0.15) is 5.26 Å². The van der Waals surface area contributed by atoms with Crippen LogP contribution >= 0.6 is 0 Å². The molecule has 0 aliphatic heterocycles. The fraction of sp³-hybridized carbons (Fsp3) is 0.115. The first-order valence-corrected chi connectivity index (χ1v) is 10.2. The molecule has 0 bridgehead atoms. The first-order chi connectivity index (χ1) is 15.5. The van der Waals surface area contributed by atoms with Gasteiger partial charge in [-0.05, 0) is 65.3 Å². The van der Waals surface area contributed by atoms with E-state index in [4.69, 9.17) is 0 Å². The van der Waals surface area contributed by atoms with Crippen molar-refractivity contribution in [2.45, 2.75) is 18.9 Å². The number of carboxylic acids is 1. The van der Waals surface area contributed by atoms with Crippen LogP contribution < -0.4 is 5.56 Å². The molecule has 5 rings (SSSR count). The van der Waals surface area contributed by atoms with Crippen molar-refractivity contribution in [1.29, 1.82) is 5.26 Å². The third-order valence-electron chi connectivity index (χ3n) is 5.82. The van der Waals surface area contributed by atoms with Crippen LogP contribution in [0, 0.1) is 17.1 Å². The highest BCUT2D eigenvalue weighted by molar-refractivity contribution is 6.02. The molecule has 6 heteroatoms. The average Bonchev–Trinajstić information content (AvgIpc) is 3.63. The maximum absolute atomic E-state index is 14.1. The second-order valence-electron chi connectivity index (χ2n) is 7.86. The summed E-state index contributed by atoms with van der Waals surface area (Å²) in [5, 5.41) is 20.5. The Labute approximate surface area is 182 Å². The average molecular weight is 424 g/mol. The van der Waals surface area contributed by atoms with Crippen molar-refractivity contribution in [2.24, 2.45) is 0 Å². The molecule has 0 atom stereocenters. The zero-order valence-corrected chi connectivity index (χ0v) is 16.9. The first-order valence-electron chi connectivity index (χ1n) is 10.2. The van der Waals surface area contributed by atoms with Gasteiger partial charge in [-0.25, -0.2) is 9.18 Å². The van der Waals surface area contributed by atoms with Crippen LogP contribution in [-0.2, 0) is 0 Å². The number of nitriles is 1. The highest BCUT2D eigenvalue weighted by atomic mass is 19.1. The number of benzene rings is 3. The van der Waals surface area contributed by atoms with Gasteiger partial charge in [0.15, 0.2) is 0 Å². The van der Waals surface area contributed by atoms with Crippen molar-refractivity contribution in [3.63, 3.8) is 0 Å². The molecule has 1 aliphatic carbocycles. The summed E-state index contributed by atoms with van der Waals surface area (Å²) in [5.41, 5.74) is 2.12. The minimum atomic E-state index is -1.06. The third-order valence-corrected chi connectivity index (χ3v) is 5.82. The number of halogens is 1. The van der Waals surface area contributed by atoms with Crippen LogP contribution in [0.3, 0.4) is 0 Å². The number of aromatic carboxylic acids is 1. The lowest BCUT2D eigenvalue weighted by Crippen LogP contribution is -2.23. The highest BCUT2D eigenvalue weighted by Crippen LogP contribution is 2.40. The molecule has 0 spiro atoms. The molecule has 4 aromatic rings. The van der Waals surface area contributed by atoms with Gasteiger partial charge in [-0.1, -0.05) is 36.4 Å². The molecule has 0 amide bonds. The number of pyridine rings is 1. The molecule has 1 saturated carbocycles. The number of hydrogen-bond acceptors (Lipinski definition) is 3. The lowest BCUT2D eigenvalue weighted by Gasteiger charge is -2.17. The van der Waals surface area contributed by atoms with Crippen molar-refractivity contribution in [1.82, 2.24) is 4.57 Å². The number of rotatable bonds is 4. The zero-order valence-electron chi connectivity index (χ0n) is 16.9. The van der Waals surface area contributed by atoms with Gasteiger partial charge < -0.3 is 5.11 Å². The lowest BCUT2D eigenvalue weighted by atomic mass is 9.92. The van der Waals surface area contributed by atoms with Crippen molar-refractivity contribution >= 4 is 16.7 Å². The number of aromatic nitrogens is 1. The maximum atomic E-state index is 14.1. The van der Waals surface area contributed by atoms with Crippen LogP contribution in [0.1, 0.15) is 34.9 Å². The Morgan fingerprint density at radius 1 is 1.00 bits per heavy atom. The third kappa shape index (κ3) is 3.15. The van der Waals surface area contributed by atoms with E-state index in [-0.39, 0.29) is 22.9 Å². The summed E-state index contributed by atoms with van der Waals surface area (Å²) in [4.78, 5) is 25.0. The SMILES string of the molecule is N#Cc1c(-c2cccc(F)c2)c2cc(-c3ccccc3C(=O)O)ccc2c(=O)n1C1CC1. The molecule has 1 fully saturated rings. The topological polar surface area (TPSA) is 83.1 Å². The van der Waals surface area contributed by atoms with E-state index >= 15 is 0 Å². The van der Waals surface area contributed by atoms with Crippen LogP contribution in [-0.4, -0.2) is 15.6 Å². The molecule has 0 saturated heterocycles. The minimum Gasteiger partial charge on any atom is -0.478 e. The molecule has 156 valence electrons. The van der Waals surface area contributed by atoms with Crippen LogP contribution in [0.4, 0.5) is 4.39 Å². The zero-order chi connectivity index (χ0) is 22.4. The Morgan fingerprint density at radius 3 is 2.47 bits per heavy atom. The number of fused-ring (bicyclic) bond motifs is 1. The normalized spacial score (nSPS) is 13.1. The Balaban J connectivity index is 1.90. The van der Waals surface area contributed by atoms with Gasteiger partial charge in [-0.15, -0.1) is 0 Å². The molecule has 0 radical (unpaired) electrons. The van der Waals surface area contributed by atoms with Crippen LogP contribution in [0.2, 0.25) is 0 Å². The van der Waals surface area contributed by atoms with Gasteiger partial charge in [0, 0.05) is 17.0 Å². The maximum Gasteiger partial charge on any atom is 0.336 e. The van der Waals surface area contributed by atoms with E-state index in [0.29, 0.717) is 33.0 Å². The van der Waals surface area contributed by atoms with E-state index in [9.17, 15) is 24.3 Å². The van der Waals surface area contributed by atoms with Gasteiger partial charge in [0.05, 0.1) is 5.56 Å². The predicted molar refractivity (Wildman–Crippen MR) is 119 cm³/mol. The molecule has 1 aliphatic rings. The Morgan fingerprint density at radius 2 is 1.78 bits per heavy atom. The molecular weight excluding hydrogens is 407 g/mol. The summed E-state index contributed by atoms with van der Waals surface area (Å²) in [6.45, 7) is 0. The number of carbonyl (C=O) groups is 1. The van der Waals surface area contributed by atoms with Crippen molar-refractivity contribution in [3.8, 4) is 28.3 Å². The quantitative estimate of drug-likeness (QED) is 0.477. The van der Waals surface area contributed by atoms with Gasteiger partial charge >= 0.3 is 5.97 Å². The smallest absolute Gasteiger partial charge is 0.336 e. The minimum absolute atomic E-state index is 0.0405. The van der Waals surface area contributed by atoms with Crippen molar-refractivity contribution in [3.05, 3.63) is 94.2 Å². The number of nitrogens with zero attached hydrogens (tertiary/aromatic N) is 2. The fourth-order valence-corrected chi connectivity index (χ4v) is 4.23. The summed E-state index contributed by atoms with van der Waals surface area (Å²) in [5.74, 6) is -1.51. The largest absolute Gasteiger partial charge is 0.478 e. The molecular formula is C26H17FN2O3. The summed E-state index contributed by atoms with van der Waals surface area (Å²) in [7, 11) is 0. The second kappa shape index (κ2) is 7.47. The van der Waals surface area contributed by atoms with Gasteiger partial charge in [0.25, 0.3) is 5.56 Å². The fourth-order valence-electron chi connectivity index (χ4n) is 4.23. The molecule has 1 N–H and O–H groups in total. The van der Waals surface area contributed by atoms with Gasteiger partial charge in [-0.3, -0.25) is 9.36 Å². The van der Waals surface area contributed by atoms with E-state index in [1.54, 1.807) is 48.5 Å². The Bertz CT molecular complexity index is 1510. The first kappa shape index (κ1) is 19.7. The van der Waals surface area contributed by atoms with Crippen molar-refractivity contribution in [2.75, 3.05) is 0 Å². The monoisotopic (exact) mass is 424 g/mol. The molecule has 1 heterocycles. The van der Waals surface area contributed by atoms with E-state index in [0.717, 1.165) is 12.8 Å². The van der Waals surface area contributed by atoms with E-state index in [1.807, 2.05) is 0 Å². The lowest BCUT2D eigenvalue weighted by molar-refractivity contribution is 0.0697. The van der Waals surface area contributed by atoms with Crippen LogP contribution in [0.5, 0.6) is 0 Å². The van der Waals surface area contributed by atoms with E-state index in [1.165, 1.54) is 22.8 Å². The van der Waals surface area contributed by atoms with Crippen LogP contribution in [0.25, 0.3) is 33.0 Å². The number of hydrogen-bond donors (Lipinski definition) is 1. The summed E-state index contributed by atoms with van der Waals surface area (Å²) < 4.78 is 15.6. The summed E-state index contributed by atoms with van der Waals surface area (Å²) >= 11 is 0. The number of carboxylic acid groups (broad SMARTS) is 1. The van der Waals surface area contributed by atoms with E-state index < -0.39 is 11.8 Å². The summed E-state index contributed by atoms with van der Waals surface area (Å²) in [6.07, 6.45) is 1.62. The highest BCUT2D eigenvalue weighted by Gasteiger charge is 2.30. The van der Waals surface area contributed by atoms with Gasteiger partial charge in [0.1, 0.15) is 17.6 Å². The molecule has 0 unspecified atom stereocenters. The van der Waals surface area contributed by atoms with Crippen molar-refractivity contribution < 1.29 is 14.3 Å². The Hall–Kier alpha value is -4.24. The summed E-state index contributed by atoms with van der Waals surface area (Å²) in [6, 6.07) is 19.8. The standard InChI is InChI=1S/C26H17FN2O3/c27-17-5-3-4-16(12-17)24-22-13-15(19-6-1-2-7-21(19)26(31)32)8-11-20(22)25(30)29(18-9-10-18)23(24)14-28/h1-8,11-13,18H,9-10H2,(H,31,32). The molecule has 5 nitrogen and oxygen atoms in total. The van der Waals surface area contributed by atoms with Gasteiger partial charge in [0.2, 0.25) is 0 Å². The van der Waals surface area contributed by atoms with E-state index in [2.05, 4.69) is 6.07 Å².